The monoisotopic (exact) mass is 276 g/mol. The highest BCUT2D eigenvalue weighted by atomic mass is 35.5. The number of carbonyl (C=O) groups excluding carboxylic acids is 1. The molecule has 0 spiro atoms. The molecule has 8 heteroatoms. The number of hydrogen-bond acceptors (Lipinski definition) is 3. The maximum absolute atomic E-state index is 11.7. The number of amides is 1. The van der Waals surface area contributed by atoms with E-state index in [-0.39, 0.29) is 18.4 Å². The van der Waals surface area contributed by atoms with Crippen LogP contribution in [0.5, 0.6) is 0 Å². The number of ether oxygens (including phenoxy) is 1. The Labute approximate surface area is 104 Å². The first-order valence-corrected chi connectivity index (χ1v) is 5.12. The minimum absolute atomic E-state index is 0. The van der Waals surface area contributed by atoms with Crippen molar-refractivity contribution in [2.24, 2.45) is 0 Å². The summed E-state index contributed by atoms with van der Waals surface area (Å²) in [4.78, 5) is 11.2. The maximum atomic E-state index is 11.7. The molecule has 1 fully saturated rings. The Bertz CT molecular complexity index is 233. The number of carbonyl (C=O) groups is 1. The molecule has 1 heterocycles. The molecule has 0 aliphatic carbocycles. The van der Waals surface area contributed by atoms with Gasteiger partial charge in [0.05, 0.1) is 0 Å². The van der Waals surface area contributed by atoms with Gasteiger partial charge >= 0.3 is 6.18 Å². The molecule has 1 rings (SSSR count). The van der Waals surface area contributed by atoms with Crippen LogP contribution in [0.2, 0.25) is 0 Å². The number of hydrogen-bond donors (Lipinski definition) is 2. The van der Waals surface area contributed by atoms with Gasteiger partial charge in [0.15, 0.2) is 0 Å². The lowest BCUT2D eigenvalue weighted by Gasteiger charge is -2.23. The molecule has 0 aromatic rings. The maximum Gasteiger partial charge on any atom is 0.411 e. The van der Waals surface area contributed by atoms with Gasteiger partial charge in [0.1, 0.15) is 13.2 Å². The molecule has 1 amide bonds. The third-order valence-corrected chi connectivity index (χ3v) is 2.16. The zero-order chi connectivity index (χ0) is 12.0. The van der Waals surface area contributed by atoms with Crippen LogP contribution in [0.15, 0.2) is 0 Å². The number of halogens is 4. The lowest BCUT2D eigenvalue weighted by molar-refractivity contribution is -0.175. The summed E-state index contributed by atoms with van der Waals surface area (Å²) >= 11 is 0. The van der Waals surface area contributed by atoms with Gasteiger partial charge in [0, 0.05) is 12.6 Å². The van der Waals surface area contributed by atoms with Crippen LogP contribution in [0, 0.1) is 0 Å². The van der Waals surface area contributed by atoms with Gasteiger partial charge in [0.25, 0.3) is 0 Å². The topological polar surface area (TPSA) is 50.4 Å². The minimum atomic E-state index is -4.38. The summed E-state index contributed by atoms with van der Waals surface area (Å²) in [5.41, 5.74) is 0. The number of rotatable bonds is 4. The fourth-order valence-corrected chi connectivity index (χ4v) is 1.50. The summed E-state index contributed by atoms with van der Waals surface area (Å²) in [6, 6.07) is -0.00395. The second-order valence-corrected chi connectivity index (χ2v) is 3.72. The van der Waals surface area contributed by atoms with Crippen molar-refractivity contribution in [3.63, 3.8) is 0 Å². The smallest absolute Gasteiger partial charge is 0.362 e. The van der Waals surface area contributed by atoms with Gasteiger partial charge in [0.2, 0.25) is 5.91 Å². The minimum Gasteiger partial charge on any atom is -0.362 e. The van der Waals surface area contributed by atoms with Gasteiger partial charge in [-0.2, -0.15) is 13.2 Å². The molecule has 17 heavy (non-hydrogen) atoms. The molecule has 0 saturated carbocycles. The summed E-state index contributed by atoms with van der Waals surface area (Å²) in [6.07, 6.45) is -2.58. The summed E-state index contributed by atoms with van der Waals surface area (Å²) in [7, 11) is 0. The zero-order valence-corrected chi connectivity index (χ0v) is 10.00. The first kappa shape index (κ1) is 16.5. The first-order chi connectivity index (χ1) is 7.47. The van der Waals surface area contributed by atoms with E-state index in [4.69, 9.17) is 0 Å². The van der Waals surface area contributed by atoms with Gasteiger partial charge in [-0.1, -0.05) is 0 Å². The molecule has 0 bridgehead atoms. The molecule has 0 radical (unpaired) electrons. The average Bonchev–Trinajstić information content (AvgIpc) is 2.17. The Balaban J connectivity index is 0.00000256. The highest BCUT2D eigenvalue weighted by molar-refractivity contribution is 5.85. The molecular formula is C9H16ClF3N2O2. The van der Waals surface area contributed by atoms with Gasteiger partial charge in [-0.3, -0.25) is 4.79 Å². The first-order valence-electron chi connectivity index (χ1n) is 5.12. The van der Waals surface area contributed by atoms with E-state index in [0.29, 0.717) is 6.54 Å². The van der Waals surface area contributed by atoms with Crippen molar-refractivity contribution in [2.75, 3.05) is 26.3 Å². The molecular weight excluding hydrogens is 261 g/mol. The molecule has 0 aromatic carbocycles. The Morgan fingerprint density at radius 3 is 2.71 bits per heavy atom. The summed E-state index contributed by atoms with van der Waals surface area (Å²) in [5, 5.41) is 5.70. The lowest BCUT2D eigenvalue weighted by Crippen LogP contribution is -2.46. The number of alkyl halides is 3. The SMILES string of the molecule is Cl.O=C(COCC(F)(F)F)NC1CCCNC1. The van der Waals surface area contributed by atoms with Crippen LogP contribution in [-0.2, 0) is 9.53 Å². The number of piperidine rings is 1. The van der Waals surface area contributed by atoms with Gasteiger partial charge in [-0.25, -0.2) is 0 Å². The molecule has 1 aliphatic heterocycles. The second-order valence-electron chi connectivity index (χ2n) is 3.72. The van der Waals surface area contributed by atoms with Crippen molar-refractivity contribution in [3.8, 4) is 0 Å². The zero-order valence-electron chi connectivity index (χ0n) is 9.18. The highest BCUT2D eigenvalue weighted by Crippen LogP contribution is 2.14. The fourth-order valence-electron chi connectivity index (χ4n) is 1.50. The van der Waals surface area contributed by atoms with Crippen molar-refractivity contribution in [3.05, 3.63) is 0 Å². The lowest BCUT2D eigenvalue weighted by atomic mass is 10.1. The van der Waals surface area contributed by atoms with E-state index in [2.05, 4.69) is 15.4 Å². The van der Waals surface area contributed by atoms with Gasteiger partial charge in [-0.05, 0) is 19.4 Å². The largest absolute Gasteiger partial charge is 0.411 e. The van der Waals surface area contributed by atoms with E-state index in [9.17, 15) is 18.0 Å². The fraction of sp³-hybridized carbons (Fsp3) is 0.889. The molecule has 4 nitrogen and oxygen atoms in total. The quantitative estimate of drug-likeness (QED) is 0.801. The third kappa shape index (κ3) is 8.23. The predicted octanol–water partition coefficient (Wildman–Crippen LogP) is 0.855. The molecule has 1 aliphatic rings. The van der Waals surface area contributed by atoms with Crippen LogP contribution >= 0.6 is 12.4 Å². The average molecular weight is 277 g/mol. The normalized spacial score (nSPS) is 20.5. The Morgan fingerprint density at radius 2 is 2.18 bits per heavy atom. The molecule has 1 atom stereocenters. The van der Waals surface area contributed by atoms with E-state index in [1.165, 1.54) is 0 Å². The van der Waals surface area contributed by atoms with Gasteiger partial charge in [-0.15, -0.1) is 12.4 Å². The van der Waals surface area contributed by atoms with E-state index >= 15 is 0 Å². The standard InChI is InChI=1S/C9H15F3N2O2.ClH/c10-9(11,12)6-16-5-8(15)14-7-2-1-3-13-4-7;/h7,13H,1-6H2,(H,14,15);1H. The van der Waals surface area contributed by atoms with Crippen LogP contribution < -0.4 is 10.6 Å². The van der Waals surface area contributed by atoms with Crippen molar-refractivity contribution in [1.29, 1.82) is 0 Å². The van der Waals surface area contributed by atoms with Gasteiger partial charge < -0.3 is 15.4 Å². The summed E-state index contributed by atoms with van der Waals surface area (Å²) in [5.74, 6) is -0.502. The van der Waals surface area contributed by atoms with Crippen molar-refractivity contribution in [1.82, 2.24) is 10.6 Å². The van der Waals surface area contributed by atoms with Crippen LogP contribution in [0.25, 0.3) is 0 Å². The molecule has 102 valence electrons. The Kier molecular flexibility index (Phi) is 7.49. The summed E-state index contributed by atoms with van der Waals surface area (Å²) < 4.78 is 39.3. The molecule has 0 aromatic heterocycles. The Hall–Kier alpha value is -0.530. The van der Waals surface area contributed by atoms with E-state index < -0.39 is 25.3 Å². The van der Waals surface area contributed by atoms with E-state index in [0.717, 1.165) is 19.4 Å². The molecule has 2 N–H and O–H groups in total. The highest BCUT2D eigenvalue weighted by Gasteiger charge is 2.28. The van der Waals surface area contributed by atoms with E-state index in [1.54, 1.807) is 0 Å². The van der Waals surface area contributed by atoms with Crippen molar-refractivity contribution in [2.45, 2.75) is 25.1 Å². The summed E-state index contributed by atoms with van der Waals surface area (Å²) in [6.45, 7) is -0.360. The second kappa shape index (κ2) is 7.73. The number of nitrogens with one attached hydrogen (secondary N) is 2. The van der Waals surface area contributed by atoms with Crippen LogP contribution in [0.3, 0.4) is 0 Å². The van der Waals surface area contributed by atoms with E-state index in [1.807, 2.05) is 0 Å². The molecule has 1 unspecified atom stereocenters. The molecule has 1 saturated heterocycles. The van der Waals surface area contributed by atoms with Crippen LogP contribution in [0.4, 0.5) is 13.2 Å². The Morgan fingerprint density at radius 1 is 1.47 bits per heavy atom. The van der Waals surface area contributed by atoms with Crippen LogP contribution in [-0.4, -0.2) is 44.4 Å². The third-order valence-electron chi connectivity index (χ3n) is 2.16. The van der Waals surface area contributed by atoms with Crippen LogP contribution in [0.1, 0.15) is 12.8 Å². The van der Waals surface area contributed by atoms with Crippen molar-refractivity contribution >= 4 is 18.3 Å². The van der Waals surface area contributed by atoms with Crippen molar-refractivity contribution < 1.29 is 22.7 Å². The predicted molar refractivity (Wildman–Crippen MR) is 58.2 cm³/mol.